The van der Waals surface area contributed by atoms with Gasteiger partial charge in [0.05, 0.1) is 0 Å². The Morgan fingerprint density at radius 1 is 1.46 bits per heavy atom. The van der Waals surface area contributed by atoms with E-state index in [1.54, 1.807) is 20.8 Å². The standard InChI is InChI=1S/C5H11NO2.C4H9.Li/c1-5(2,3)8-4(6)7;1-3-4-2;/h1-3H3,(H2,6,7);1,3-4H2,2H3;. The predicted molar refractivity (Wildman–Crippen MR) is 55.9 cm³/mol. The van der Waals surface area contributed by atoms with Gasteiger partial charge in [-0.3, -0.25) is 0 Å². The molecule has 0 aliphatic heterocycles. The van der Waals surface area contributed by atoms with Crippen molar-refractivity contribution in [1.29, 1.82) is 0 Å². The normalized spacial score (nSPS) is 10.0. The fraction of sp³-hybridized carbons (Fsp3) is 0.889. The van der Waals surface area contributed by atoms with E-state index in [-0.39, 0.29) is 0 Å². The van der Waals surface area contributed by atoms with E-state index in [9.17, 15) is 4.79 Å². The van der Waals surface area contributed by atoms with Crippen molar-refractivity contribution in [3.05, 3.63) is 0 Å². The monoisotopic (exact) mass is 181 g/mol. The van der Waals surface area contributed by atoms with Gasteiger partial charge in [-0.25, -0.2) is 4.79 Å². The van der Waals surface area contributed by atoms with E-state index >= 15 is 0 Å². The molecule has 0 aliphatic carbocycles. The molecule has 0 heterocycles. The van der Waals surface area contributed by atoms with Crippen LogP contribution >= 0.6 is 0 Å². The second-order valence-electron chi connectivity index (χ2n) is 3.89. The Kier molecular flexibility index (Phi) is 9.99. The Hall–Kier alpha value is -0.133. The summed E-state index contributed by atoms with van der Waals surface area (Å²) >= 11 is 2.21. The molecule has 0 bridgehead atoms. The van der Waals surface area contributed by atoms with Gasteiger partial charge in [0.25, 0.3) is 0 Å². The number of primary amides is 1. The van der Waals surface area contributed by atoms with Gasteiger partial charge in [0.1, 0.15) is 5.60 Å². The van der Waals surface area contributed by atoms with E-state index in [0.717, 1.165) is 0 Å². The van der Waals surface area contributed by atoms with Gasteiger partial charge in [0.2, 0.25) is 0 Å². The number of unbranched alkanes of at least 4 members (excludes halogenated alkanes) is 1. The topological polar surface area (TPSA) is 52.3 Å². The summed E-state index contributed by atoms with van der Waals surface area (Å²) in [5, 5.41) is 1.34. The van der Waals surface area contributed by atoms with Crippen LogP contribution in [0.2, 0.25) is 5.09 Å². The summed E-state index contributed by atoms with van der Waals surface area (Å²) in [6.45, 7) is 7.50. The number of carbonyl (C=O) groups is 1. The van der Waals surface area contributed by atoms with Crippen LogP contribution in [0.4, 0.5) is 4.79 Å². The molecule has 0 aromatic carbocycles. The van der Waals surface area contributed by atoms with Crippen LogP contribution in [0.15, 0.2) is 0 Å². The molecule has 0 spiro atoms. The average Bonchev–Trinajstić information content (AvgIpc) is 1.84. The number of hydrogen-bond acceptors (Lipinski definition) is 2. The van der Waals surface area contributed by atoms with Gasteiger partial charge in [-0.05, 0) is 20.8 Å². The quantitative estimate of drug-likeness (QED) is 0.664. The molecule has 0 unspecified atom stereocenters. The van der Waals surface area contributed by atoms with Crippen molar-refractivity contribution in [3.8, 4) is 0 Å². The molecule has 0 rings (SSSR count). The third kappa shape index (κ3) is 24.5. The first-order chi connectivity index (χ1) is 5.83. The SMILES string of the molecule is CC(C)(C)OC(N)=O.[Li][CH2]CCC. The molecular formula is C9H20LiNO2. The third-order valence-electron chi connectivity index (χ3n) is 1.11. The van der Waals surface area contributed by atoms with Crippen LogP contribution in [-0.4, -0.2) is 29.4 Å². The summed E-state index contributed by atoms with van der Waals surface area (Å²) in [5.41, 5.74) is 4.26. The molecule has 0 aliphatic rings. The number of hydrogen-bond donors (Lipinski definition) is 1. The van der Waals surface area contributed by atoms with Crippen molar-refractivity contribution in [2.24, 2.45) is 5.73 Å². The molecule has 0 aromatic rings. The Morgan fingerprint density at radius 2 is 1.92 bits per heavy atom. The summed E-state index contributed by atoms with van der Waals surface area (Å²) in [6.07, 6.45) is 2.01. The number of amides is 1. The minimum atomic E-state index is -0.725. The molecule has 0 aromatic heterocycles. The van der Waals surface area contributed by atoms with Gasteiger partial charge in [-0.1, -0.05) is 0 Å². The molecule has 0 saturated carbocycles. The van der Waals surface area contributed by atoms with Gasteiger partial charge in [-0.2, -0.15) is 0 Å². The van der Waals surface area contributed by atoms with Crippen LogP contribution in [0.1, 0.15) is 40.5 Å². The van der Waals surface area contributed by atoms with E-state index in [2.05, 4.69) is 29.4 Å². The molecular weight excluding hydrogens is 161 g/mol. The molecule has 0 radical (unpaired) electrons. The Morgan fingerprint density at radius 3 is 1.92 bits per heavy atom. The second kappa shape index (κ2) is 8.46. The number of ether oxygens (including phenoxy) is 1. The van der Waals surface area contributed by atoms with E-state index in [0.29, 0.717) is 0 Å². The Balaban J connectivity index is 0. The van der Waals surface area contributed by atoms with Crippen LogP contribution in [0, 0.1) is 0 Å². The van der Waals surface area contributed by atoms with Gasteiger partial charge in [-0.15, -0.1) is 0 Å². The average molecular weight is 181 g/mol. The van der Waals surface area contributed by atoms with Crippen molar-refractivity contribution < 1.29 is 9.53 Å². The van der Waals surface area contributed by atoms with Crippen molar-refractivity contribution in [2.75, 3.05) is 0 Å². The van der Waals surface area contributed by atoms with E-state index in [1.165, 1.54) is 17.9 Å². The van der Waals surface area contributed by atoms with Crippen molar-refractivity contribution in [2.45, 2.75) is 51.2 Å². The van der Waals surface area contributed by atoms with Crippen LogP contribution in [0.5, 0.6) is 0 Å². The van der Waals surface area contributed by atoms with Crippen molar-refractivity contribution >= 4 is 23.8 Å². The maximum atomic E-state index is 10.0. The molecule has 1 amide bonds. The minimum absolute atomic E-state index is 0.453. The zero-order valence-corrected chi connectivity index (χ0v) is 9.52. The van der Waals surface area contributed by atoms with Crippen molar-refractivity contribution in [3.63, 3.8) is 0 Å². The van der Waals surface area contributed by atoms with Crippen molar-refractivity contribution in [1.82, 2.24) is 0 Å². The van der Waals surface area contributed by atoms with E-state index in [4.69, 9.17) is 5.73 Å². The summed E-state index contributed by atoms with van der Waals surface area (Å²) < 4.78 is 4.58. The van der Waals surface area contributed by atoms with Gasteiger partial charge in [0, 0.05) is 0 Å². The third-order valence-corrected chi connectivity index (χ3v) is 1.11. The van der Waals surface area contributed by atoms with E-state index < -0.39 is 11.7 Å². The fourth-order valence-electron chi connectivity index (χ4n) is 0.655. The second-order valence-corrected chi connectivity index (χ2v) is 3.89. The van der Waals surface area contributed by atoms with E-state index in [1.807, 2.05) is 0 Å². The van der Waals surface area contributed by atoms with Gasteiger partial charge < -0.3 is 10.5 Å². The van der Waals surface area contributed by atoms with Crippen LogP contribution in [-0.2, 0) is 4.74 Å². The van der Waals surface area contributed by atoms with Gasteiger partial charge >= 0.3 is 48.7 Å². The van der Waals surface area contributed by atoms with Crippen LogP contribution < -0.4 is 5.73 Å². The number of carbonyl (C=O) groups excluding carboxylic acids is 1. The molecule has 0 fully saturated rings. The van der Waals surface area contributed by atoms with Crippen LogP contribution in [0.3, 0.4) is 0 Å². The number of rotatable bonds is 2. The molecule has 0 saturated heterocycles. The first-order valence-corrected chi connectivity index (χ1v) is 4.82. The summed E-state index contributed by atoms with van der Waals surface area (Å²) in [6, 6.07) is 0. The molecule has 0 atom stereocenters. The molecule has 13 heavy (non-hydrogen) atoms. The summed E-state index contributed by atoms with van der Waals surface area (Å²) in [7, 11) is 0. The molecule has 2 N–H and O–H groups in total. The summed E-state index contributed by atoms with van der Waals surface area (Å²) in [4.78, 5) is 10.0. The van der Waals surface area contributed by atoms with Gasteiger partial charge in [0.15, 0.2) is 0 Å². The number of nitrogens with two attached hydrogens (primary N) is 1. The zero-order chi connectivity index (χ0) is 10.9. The van der Waals surface area contributed by atoms with Crippen LogP contribution in [0.25, 0.3) is 0 Å². The molecule has 3 nitrogen and oxygen atoms in total. The first kappa shape index (κ1) is 15.3. The zero-order valence-electron chi connectivity index (χ0n) is 9.52. The maximum absolute atomic E-state index is 10.0. The predicted octanol–water partition coefficient (Wildman–Crippen LogP) is 2.25. The summed E-state index contributed by atoms with van der Waals surface area (Å²) in [5.74, 6) is 0. The Bertz CT molecular complexity index is 130. The fourth-order valence-corrected chi connectivity index (χ4v) is 0.655. The first-order valence-electron chi connectivity index (χ1n) is 4.82. The Labute approximate surface area is 90.6 Å². The molecule has 4 heteroatoms. The molecule has 74 valence electrons.